The molecule has 0 saturated heterocycles. The van der Waals surface area contributed by atoms with Gasteiger partial charge in [-0.1, -0.05) is 53.3 Å². The molecule has 0 aliphatic carbocycles. The number of ether oxygens (including phenoxy) is 1. The zero-order chi connectivity index (χ0) is 27.0. The number of aromatic carboxylic acids is 1. The van der Waals surface area contributed by atoms with Gasteiger partial charge in [0, 0.05) is 16.7 Å². The van der Waals surface area contributed by atoms with Crippen LogP contribution in [-0.4, -0.2) is 28.2 Å². The standard InChI is InChI=1S/C28H21ClN2O6S/c1-3-36-27(35)23-15(2)30-28-31(24(23)19-9-4-5-10-20(19)29)25(32)22(38-28)14-18-11-12-21(37-18)16-7-6-8-17(13-16)26(33)34/h4-14,24H,3H2,1-2H3,(H,33,34)/b22-14-. The minimum atomic E-state index is -1.04. The van der Waals surface area contributed by atoms with E-state index >= 15 is 0 Å². The van der Waals surface area contributed by atoms with Gasteiger partial charge in [-0.3, -0.25) is 9.36 Å². The molecule has 1 aliphatic heterocycles. The van der Waals surface area contributed by atoms with Gasteiger partial charge < -0.3 is 14.3 Å². The van der Waals surface area contributed by atoms with E-state index < -0.39 is 18.0 Å². The van der Waals surface area contributed by atoms with Crippen LogP contribution in [0.3, 0.4) is 0 Å². The number of hydrogen-bond acceptors (Lipinski definition) is 7. The lowest BCUT2D eigenvalue weighted by Gasteiger charge is -2.25. The minimum Gasteiger partial charge on any atom is -0.478 e. The van der Waals surface area contributed by atoms with E-state index in [9.17, 15) is 19.5 Å². The van der Waals surface area contributed by atoms with Gasteiger partial charge in [0.15, 0.2) is 4.80 Å². The Morgan fingerprint density at radius 1 is 1.18 bits per heavy atom. The molecule has 8 nitrogen and oxygen atoms in total. The number of nitrogens with zero attached hydrogens (tertiary/aromatic N) is 2. The second kappa shape index (κ2) is 10.3. The van der Waals surface area contributed by atoms with E-state index in [0.717, 1.165) is 11.3 Å². The normalized spacial score (nSPS) is 15.2. The summed E-state index contributed by atoms with van der Waals surface area (Å²) >= 11 is 7.69. The number of fused-ring (bicyclic) bond motifs is 1. The third-order valence-electron chi connectivity index (χ3n) is 6.01. The van der Waals surface area contributed by atoms with Crippen LogP contribution in [0.4, 0.5) is 0 Å². The highest BCUT2D eigenvalue weighted by Gasteiger charge is 2.34. The van der Waals surface area contributed by atoms with Crippen molar-refractivity contribution in [1.82, 2.24) is 4.57 Å². The molecule has 0 amide bonds. The van der Waals surface area contributed by atoms with Gasteiger partial charge in [-0.15, -0.1) is 0 Å². The Labute approximate surface area is 225 Å². The van der Waals surface area contributed by atoms with Crippen molar-refractivity contribution in [3.05, 3.63) is 114 Å². The first-order valence-corrected chi connectivity index (χ1v) is 12.9. The van der Waals surface area contributed by atoms with Gasteiger partial charge in [-0.05, 0) is 49.7 Å². The number of halogens is 1. The number of esters is 1. The highest BCUT2D eigenvalue weighted by molar-refractivity contribution is 7.07. The Balaban J connectivity index is 1.63. The quantitative estimate of drug-likeness (QED) is 0.357. The van der Waals surface area contributed by atoms with E-state index in [1.165, 1.54) is 16.7 Å². The maximum atomic E-state index is 13.7. The molecule has 3 heterocycles. The molecule has 38 heavy (non-hydrogen) atoms. The molecule has 4 aromatic rings. The first-order valence-electron chi connectivity index (χ1n) is 11.7. The van der Waals surface area contributed by atoms with Crippen molar-refractivity contribution < 1.29 is 23.8 Å². The molecule has 1 aliphatic rings. The van der Waals surface area contributed by atoms with Crippen molar-refractivity contribution >= 4 is 41.0 Å². The van der Waals surface area contributed by atoms with E-state index in [1.807, 2.05) is 0 Å². The highest BCUT2D eigenvalue weighted by atomic mass is 35.5. The summed E-state index contributed by atoms with van der Waals surface area (Å²) in [6.45, 7) is 3.59. The maximum absolute atomic E-state index is 13.7. The summed E-state index contributed by atoms with van der Waals surface area (Å²) in [6, 6.07) is 16.0. The number of rotatable bonds is 6. The number of thiazole rings is 1. The number of carboxylic acid groups (broad SMARTS) is 1. The van der Waals surface area contributed by atoms with Gasteiger partial charge in [0.2, 0.25) is 0 Å². The molecule has 0 spiro atoms. The molecular formula is C28H21ClN2O6S. The van der Waals surface area contributed by atoms with Crippen molar-refractivity contribution in [2.75, 3.05) is 6.61 Å². The van der Waals surface area contributed by atoms with Crippen LogP contribution in [0.1, 0.15) is 41.6 Å². The third kappa shape index (κ3) is 4.62. The van der Waals surface area contributed by atoms with Crippen molar-refractivity contribution in [1.29, 1.82) is 0 Å². The Kier molecular flexibility index (Phi) is 6.88. The van der Waals surface area contributed by atoms with Gasteiger partial charge in [-0.25, -0.2) is 14.6 Å². The highest BCUT2D eigenvalue weighted by Crippen LogP contribution is 2.34. The molecule has 1 atom stereocenters. The predicted molar refractivity (Wildman–Crippen MR) is 143 cm³/mol. The molecule has 0 fully saturated rings. The fourth-order valence-electron chi connectivity index (χ4n) is 4.30. The van der Waals surface area contributed by atoms with E-state index in [4.69, 9.17) is 20.8 Å². The van der Waals surface area contributed by atoms with Gasteiger partial charge in [0.1, 0.15) is 17.6 Å². The van der Waals surface area contributed by atoms with Crippen molar-refractivity contribution in [3.63, 3.8) is 0 Å². The number of carboxylic acids is 1. The summed E-state index contributed by atoms with van der Waals surface area (Å²) in [5.41, 5.74) is 1.65. The number of furan rings is 1. The Morgan fingerprint density at radius 3 is 2.71 bits per heavy atom. The third-order valence-corrected chi connectivity index (χ3v) is 7.34. The predicted octanol–water partition coefficient (Wildman–Crippen LogP) is 4.41. The minimum absolute atomic E-state index is 0.140. The number of benzene rings is 2. The number of hydrogen-bond donors (Lipinski definition) is 1. The fraction of sp³-hybridized carbons (Fsp3) is 0.143. The Morgan fingerprint density at radius 2 is 1.97 bits per heavy atom. The second-order valence-electron chi connectivity index (χ2n) is 8.41. The number of aromatic nitrogens is 1. The van der Waals surface area contributed by atoms with Crippen LogP contribution in [0.15, 0.2) is 86.1 Å². The number of allylic oxidation sites excluding steroid dienone is 1. The summed E-state index contributed by atoms with van der Waals surface area (Å²) in [4.78, 5) is 43.0. The van der Waals surface area contributed by atoms with Crippen LogP contribution >= 0.6 is 22.9 Å². The zero-order valence-corrected chi connectivity index (χ0v) is 21.9. The lowest BCUT2D eigenvalue weighted by Crippen LogP contribution is -2.40. The molecule has 0 radical (unpaired) electrons. The molecule has 2 aromatic carbocycles. The van der Waals surface area contributed by atoms with Crippen LogP contribution in [-0.2, 0) is 9.53 Å². The van der Waals surface area contributed by atoms with E-state index in [0.29, 0.717) is 42.7 Å². The number of carbonyl (C=O) groups excluding carboxylic acids is 1. The molecule has 10 heteroatoms. The first-order chi connectivity index (χ1) is 18.3. The monoisotopic (exact) mass is 548 g/mol. The van der Waals surface area contributed by atoms with Crippen LogP contribution < -0.4 is 14.9 Å². The molecule has 5 rings (SSSR count). The average molecular weight is 549 g/mol. The van der Waals surface area contributed by atoms with Gasteiger partial charge in [-0.2, -0.15) is 0 Å². The molecule has 192 valence electrons. The lowest BCUT2D eigenvalue weighted by molar-refractivity contribution is -0.139. The summed E-state index contributed by atoms with van der Waals surface area (Å²) in [7, 11) is 0. The smallest absolute Gasteiger partial charge is 0.338 e. The molecule has 2 aromatic heterocycles. The molecule has 1 N–H and O–H groups in total. The fourth-order valence-corrected chi connectivity index (χ4v) is 5.57. The first kappa shape index (κ1) is 25.4. The van der Waals surface area contributed by atoms with Crippen molar-refractivity contribution in [2.24, 2.45) is 4.99 Å². The van der Waals surface area contributed by atoms with Crippen molar-refractivity contribution in [2.45, 2.75) is 19.9 Å². The van der Waals surface area contributed by atoms with Crippen LogP contribution in [0.2, 0.25) is 5.02 Å². The molecule has 0 bridgehead atoms. The largest absolute Gasteiger partial charge is 0.478 e. The van der Waals surface area contributed by atoms with Gasteiger partial charge in [0.05, 0.1) is 28.0 Å². The van der Waals surface area contributed by atoms with Crippen LogP contribution in [0, 0.1) is 0 Å². The summed E-state index contributed by atoms with van der Waals surface area (Å²) in [5, 5.41) is 9.67. The molecule has 0 saturated carbocycles. The van der Waals surface area contributed by atoms with Crippen LogP contribution in [0.5, 0.6) is 0 Å². The summed E-state index contributed by atoms with van der Waals surface area (Å²) in [6.07, 6.45) is 1.60. The van der Waals surface area contributed by atoms with Crippen molar-refractivity contribution in [3.8, 4) is 11.3 Å². The van der Waals surface area contributed by atoms with E-state index in [-0.39, 0.29) is 23.3 Å². The zero-order valence-electron chi connectivity index (χ0n) is 20.3. The molecule has 1 unspecified atom stereocenters. The summed E-state index contributed by atoms with van der Waals surface area (Å²) < 4.78 is 13.0. The molecular weight excluding hydrogens is 528 g/mol. The average Bonchev–Trinajstić information content (AvgIpc) is 3.48. The Bertz CT molecular complexity index is 1800. The van der Waals surface area contributed by atoms with E-state index in [1.54, 1.807) is 68.5 Å². The van der Waals surface area contributed by atoms with Gasteiger partial charge in [0.25, 0.3) is 5.56 Å². The second-order valence-corrected chi connectivity index (χ2v) is 9.83. The Hall–Kier alpha value is -4.21. The SMILES string of the molecule is CCOC(=O)C1=C(C)N=c2s/c(=C\c3ccc(-c4cccc(C(=O)O)c4)o3)c(=O)n2C1c1ccccc1Cl. The van der Waals surface area contributed by atoms with Gasteiger partial charge >= 0.3 is 11.9 Å². The van der Waals surface area contributed by atoms with E-state index in [2.05, 4.69) is 4.99 Å². The maximum Gasteiger partial charge on any atom is 0.338 e. The van der Waals surface area contributed by atoms with Crippen LogP contribution in [0.25, 0.3) is 17.4 Å². The summed E-state index contributed by atoms with van der Waals surface area (Å²) in [5.74, 6) is -0.736. The lowest BCUT2D eigenvalue weighted by atomic mass is 9.96. The number of carbonyl (C=O) groups is 2. The topological polar surface area (TPSA) is 111 Å².